The van der Waals surface area contributed by atoms with Gasteiger partial charge >= 0.3 is 0 Å². The van der Waals surface area contributed by atoms with Crippen molar-refractivity contribution in [1.82, 2.24) is 19.6 Å². The zero-order valence-corrected chi connectivity index (χ0v) is 22.1. The van der Waals surface area contributed by atoms with Crippen molar-refractivity contribution < 1.29 is 19.4 Å². The van der Waals surface area contributed by atoms with Crippen molar-refractivity contribution in [3.8, 4) is 5.75 Å². The smallest absolute Gasteiger partial charge is 0.251 e. The average molecular weight is 518 g/mol. The lowest BCUT2D eigenvalue weighted by molar-refractivity contribution is -0.133. The number of benzene rings is 1. The number of anilines is 1. The van der Waals surface area contributed by atoms with E-state index in [2.05, 4.69) is 29.2 Å². The first-order valence-corrected chi connectivity index (χ1v) is 12.8. The van der Waals surface area contributed by atoms with Crippen LogP contribution in [0.2, 0.25) is 5.02 Å². The third kappa shape index (κ3) is 7.56. The highest BCUT2D eigenvalue weighted by Gasteiger charge is 2.35. The fraction of sp³-hybridized carbons (Fsp3) is 0.500. The first-order valence-electron chi connectivity index (χ1n) is 12.4. The number of ether oxygens (including phenoxy) is 1. The summed E-state index contributed by atoms with van der Waals surface area (Å²) in [6, 6.07) is 8.02. The van der Waals surface area contributed by atoms with Crippen molar-refractivity contribution >= 4 is 29.2 Å². The maximum atomic E-state index is 13.3. The molecule has 0 fully saturated rings. The highest BCUT2D eigenvalue weighted by atomic mass is 35.5. The molecule has 1 aromatic heterocycles. The van der Waals surface area contributed by atoms with Crippen molar-refractivity contribution in [3.05, 3.63) is 53.4 Å². The van der Waals surface area contributed by atoms with Gasteiger partial charge in [0.15, 0.2) is 5.82 Å². The SMILES string of the molecule is CCN(CC)C[C@H](O)Cn1ccc(NC(=O)[C@H](CC(C)C)N2CC(Oc3ccccc3Cl)=CC2=O)n1. The van der Waals surface area contributed by atoms with Crippen LogP contribution in [0.4, 0.5) is 5.82 Å². The fourth-order valence-electron chi connectivity index (χ4n) is 4.12. The maximum Gasteiger partial charge on any atom is 0.251 e. The molecule has 10 heteroatoms. The molecular formula is C26H36ClN5O4. The van der Waals surface area contributed by atoms with Crippen LogP contribution >= 0.6 is 11.6 Å². The molecule has 0 bridgehead atoms. The molecule has 0 radical (unpaired) electrons. The van der Waals surface area contributed by atoms with Crippen molar-refractivity contribution in [2.45, 2.75) is 52.8 Å². The quantitative estimate of drug-likeness (QED) is 0.422. The van der Waals surface area contributed by atoms with Crippen LogP contribution in [0.1, 0.15) is 34.1 Å². The number of nitrogens with zero attached hydrogens (tertiary/aromatic N) is 4. The standard InChI is InChI=1S/C26H36ClN5O4/c1-5-30(6-2)15-19(33)16-31-12-11-24(29-31)28-26(35)22(13-18(3)4)32-17-20(14-25(32)34)36-23-10-8-7-9-21(23)27/h7-12,14,18-19,22,33H,5-6,13,15-17H2,1-4H3,(H,28,29,35)/t19-,22-/m0/s1. The lowest BCUT2D eigenvalue weighted by Crippen LogP contribution is -2.46. The number of aromatic nitrogens is 2. The summed E-state index contributed by atoms with van der Waals surface area (Å²) in [5, 5.41) is 18.0. The molecule has 0 saturated heterocycles. The minimum absolute atomic E-state index is 0.168. The minimum atomic E-state index is -0.695. The summed E-state index contributed by atoms with van der Waals surface area (Å²) in [5.41, 5.74) is 0. The second-order valence-electron chi connectivity index (χ2n) is 9.31. The Morgan fingerprint density at radius 2 is 1.97 bits per heavy atom. The maximum absolute atomic E-state index is 13.3. The second-order valence-corrected chi connectivity index (χ2v) is 9.71. The van der Waals surface area contributed by atoms with Crippen LogP contribution < -0.4 is 10.1 Å². The molecule has 2 heterocycles. The van der Waals surface area contributed by atoms with Gasteiger partial charge < -0.3 is 25.0 Å². The third-order valence-electron chi connectivity index (χ3n) is 6.00. The van der Waals surface area contributed by atoms with Crippen molar-refractivity contribution in [3.63, 3.8) is 0 Å². The molecule has 2 atom stereocenters. The van der Waals surface area contributed by atoms with Crippen LogP contribution in [-0.2, 0) is 16.1 Å². The zero-order valence-electron chi connectivity index (χ0n) is 21.4. The van der Waals surface area contributed by atoms with Crippen LogP contribution in [0.5, 0.6) is 5.75 Å². The Balaban J connectivity index is 1.63. The molecule has 196 valence electrons. The van der Waals surface area contributed by atoms with E-state index < -0.39 is 12.1 Å². The van der Waals surface area contributed by atoms with Gasteiger partial charge in [0.1, 0.15) is 17.6 Å². The Bertz CT molecular complexity index is 1070. The number of hydrogen-bond donors (Lipinski definition) is 2. The molecule has 36 heavy (non-hydrogen) atoms. The summed E-state index contributed by atoms with van der Waals surface area (Å²) in [6.07, 6.45) is 3.02. The Kier molecular flexibility index (Phi) is 9.92. The number of para-hydroxylation sites is 1. The first kappa shape index (κ1) is 27.7. The molecule has 0 spiro atoms. The van der Waals surface area contributed by atoms with Gasteiger partial charge in [-0.1, -0.05) is 51.4 Å². The van der Waals surface area contributed by atoms with E-state index in [1.807, 2.05) is 13.8 Å². The van der Waals surface area contributed by atoms with Crippen LogP contribution in [-0.4, -0.2) is 74.8 Å². The number of aliphatic hydroxyl groups is 1. The fourth-order valence-corrected chi connectivity index (χ4v) is 4.30. The molecule has 9 nitrogen and oxygen atoms in total. The van der Waals surface area contributed by atoms with Crippen molar-refractivity contribution in [1.29, 1.82) is 0 Å². The average Bonchev–Trinajstić information content (AvgIpc) is 3.42. The van der Waals surface area contributed by atoms with E-state index in [1.165, 1.54) is 11.0 Å². The van der Waals surface area contributed by atoms with E-state index in [9.17, 15) is 14.7 Å². The molecule has 3 rings (SSSR count). The van der Waals surface area contributed by atoms with E-state index in [1.54, 1.807) is 41.2 Å². The van der Waals surface area contributed by atoms with Gasteiger partial charge in [0.05, 0.1) is 24.2 Å². The number of likely N-dealkylation sites (N-methyl/N-ethyl adjacent to an activating group) is 1. The van der Waals surface area contributed by atoms with Crippen LogP contribution in [0.3, 0.4) is 0 Å². The van der Waals surface area contributed by atoms with Gasteiger partial charge in [0.25, 0.3) is 5.91 Å². The van der Waals surface area contributed by atoms with Gasteiger partial charge in [-0.3, -0.25) is 14.3 Å². The number of nitrogens with one attached hydrogen (secondary N) is 1. The molecule has 2 N–H and O–H groups in total. The molecule has 1 aromatic carbocycles. The van der Waals surface area contributed by atoms with E-state index in [-0.39, 0.29) is 24.3 Å². The molecule has 0 saturated carbocycles. The number of carbonyl (C=O) groups excluding carboxylic acids is 2. The predicted molar refractivity (Wildman–Crippen MR) is 140 cm³/mol. The van der Waals surface area contributed by atoms with E-state index >= 15 is 0 Å². The Hall–Kier alpha value is -2.88. The van der Waals surface area contributed by atoms with Gasteiger partial charge in [-0.2, -0.15) is 5.10 Å². The Labute approximate surface area is 217 Å². The highest BCUT2D eigenvalue weighted by molar-refractivity contribution is 6.32. The summed E-state index contributed by atoms with van der Waals surface area (Å²) in [4.78, 5) is 29.7. The van der Waals surface area contributed by atoms with Crippen LogP contribution in [0, 0.1) is 5.92 Å². The van der Waals surface area contributed by atoms with Crippen molar-refractivity contribution in [2.75, 3.05) is 31.5 Å². The number of halogens is 1. The summed E-state index contributed by atoms with van der Waals surface area (Å²) in [7, 11) is 0. The van der Waals surface area contributed by atoms with Gasteiger partial charge in [0, 0.05) is 24.9 Å². The molecule has 2 amide bonds. The second kappa shape index (κ2) is 12.9. The number of amides is 2. The Morgan fingerprint density at radius 3 is 2.64 bits per heavy atom. The van der Waals surface area contributed by atoms with Gasteiger partial charge in [-0.15, -0.1) is 0 Å². The number of carbonyl (C=O) groups is 2. The molecule has 1 aliphatic heterocycles. The minimum Gasteiger partial charge on any atom is -0.458 e. The van der Waals surface area contributed by atoms with Crippen LogP contribution in [0.15, 0.2) is 48.4 Å². The molecular weight excluding hydrogens is 482 g/mol. The normalized spacial score (nSPS) is 15.4. The largest absolute Gasteiger partial charge is 0.458 e. The van der Waals surface area contributed by atoms with E-state index in [0.29, 0.717) is 41.9 Å². The molecule has 0 aliphatic carbocycles. The van der Waals surface area contributed by atoms with Crippen LogP contribution in [0.25, 0.3) is 0 Å². The molecule has 1 aliphatic rings. The Morgan fingerprint density at radius 1 is 1.25 bits per heavy atom. The van der Waals surface area contributed by atoms with Gasteiger partial charge in [-0.05, 0) is 37.6 Å². The lowest BCUT2D eigenvalue weighted by Gasteiger charge is -2.28. The highest BCUT2D eigenvalue weighted by Crippen LogP contribution is 2.28. The van der Waals surface area contributed by atoms with E-state index in [0.717, 1.165) is 13.1 Å². The first-order chi connectivity index (χ1) is 17.2. The number of rotatable bonds is 13. The van der Waals surface area contributed by atoms with Gasteiger partial charge in [-0.25, -0.2) is 0 Å². The third-order valence-corrected chi connectivity index (χ3v) is 6.31. The number of aliphatic hydroxyl groups excluding tert-OH is 1. The van der Waals surface area contributed by atoms with Gasteiger partial charge in [0.2, 0.25) is 5.91 Å². The topological polar surface area (TPSA) is 99.9 Å². The van der Waals surface area contributed by atoms with E-state index in [4.69, 9.17) is 16.3 Å². The monoisotopic (exact) mass is 517 g/mol. The molecule has 0 unspecified atom stereocenters. The summed E-state index contributed by atoms with van der Waals surface area (Å²) < 4.78 is 7.45. The zero-order chi connectivity index (χ0) is 26.2. The number of hydrogen-bond acceptors (Lipinski definition) is 6. The molecule has 2 aromatic rings. The summed E-state index contributed by atoms with van der Waals surface area (Å²) in [5.74, 6) is 0.826. The van der Waals surface area contributed by atoms with Crippen molar-refractivity contribution in [2.24, 2.45) is 5.92 Å². The lowest BCUT2D eigenvalue weighted by atomic mass is 10.0. The summed E-state index contributed by atoms with van der Waals surface area (Å²) in [6.45, 7) is 10.9. The summed E-state index contributed by atoms with van der Waals surface area (Å²) >= 11 is 6.18. The predicted octanol–water partition coefficient (Wildman–Crippen LogP) is 3.40.